The van der Waals surface area contributed by atoms with Crippen LogP contribution in [0.25, 0.3) is 10.8 Å². The van der Waals surface area contributed by atoms with Crippen LogP contribution in [0.1, 0.15) is 42.4 Å². The lowest BCUT2D eigenvalue weighted by molar-refractivity contribution is 0.0337. The Balaban J connectivity index is 1.54. The van der Waals surface area contributed by atoms with Crippen molar-refractivity contribution in [3.63, 3.8) is 0 Å². The van der Waals surface area contributed by atoms with Gasteiger partial charge < -0.3 is 4.74 Å². The molecule has 0 unspecified atom stereocenters. The fourth-order valence-corrected chi connectivity index (χ4v) is 4.34. The Morgan fingerprint density at radius 2 is 1.97 bits per heavy atom. The van der Waals surface area contributed by atoms with Crippen LogP contribution in [-0.2, 0) is 17.8 Å². The monoisotopic (exact) mass is 441 g/mol. The number of aryl methyl sites for hydroxylation is 1. The van der Waals surface area contributed by atoms with Gasteiger partial charge in [-0.25, -0.2) is 9.67 Å². The average Bonchev–Trinajstić information content (AvgIpc) is 3.22. The maximum Gasteiger partial charge on any atom is 0.278 e. The molecule has 0 atom stereocenters. The Kier molecular flexibility index (Phi) is 7.06. The number of amides is 1. The van der Waals surface area contributed by atoms with E-state index in [1.807, 2.05) is 11.4 Å². The summed E-state index contributed by atoms with van der Waals surface area (Å²) in [5, 5.41) is 10.8. The van der Waals surface area contributed by atoms with Crippen LogP contribution in [-0.4, -0.2) is 51.9 Å². The van der Waals surface area contributed by atoms with Gasteiger partial charge in [-0.1, -0.05) is 38.0 Å². The van der Waals surface area contributed by atoms with E-state index in [9.17, 15) is 9.59 Å². The highest BCUT2D eigenvalue weighted by atomic mass is 32.1. The van der Waals surface area contributed by atoms with Gasteiger partial charge in [0.2, 0.25) is 0 Å². The van der Waals surface area contributed by atoms with Crippen LogP contribution in [0.3, 0.4) is 0 Å². The SMILES string of the molecule is CCCCCn1nc(C(=O)Nc2nc(CN3CCOCC3)cs2)c2ccccc2c1=O. The highest BCUT2D eigenvalue weighted by Crippen LogP contribution is 2.20. The zero-order valence-corrected chi connectivity index (χ0v) is 18.5. The van der Waals surface area contributed by atoms with E-state index < -0.39 is 0 Å². The number of anilines is 1. The van der Waals surface area contributed by atoms with Crippen LogP contribution < -0.4 is 10.9 Å². The number of carbonyl (C=O) groups excluding carboxylic acids is 1. The number of unbranched alkanes of at least 4 members (excludes halogenated alkanes) is 2. The number of ether oxygens (including phenoxy) is 1. The molecule has 0 spiro atoms. The summed E-state index contributed by atoms with van der Waals surface area (Å²) in [6.45, 7) is 6.58. The maximum absolute atomic E-state index is 13.1. The number of nitrogens with zero attached hydrogens (tertiary/aromatic N) is 4. The second-order valence-corrected chi connectivity index (χ2v) is 8.47. The van der Waals surface area contributed by atoms with Crippen LogP contribution in [0.5, 0.6) is 0 Å². The van der Waals surface area contributed by atoms with E-state index in [0.29, 0.717) is 22.4 Å². The van der Waals surface area contributed by atoms with Gasteiger partial charge in [-0.15, -0.1) is 11.3 Å². The molecule has 3 aromatic rings. The lowest BCUT2D eigenvalue weighted by Crippen LogP contribution is -2.35. The van der Waals surface area contributed by atoms with Gasteiger partial charge in [-0.3, -0.25) is 19.8 Å². The number of benzene rings is 1. The summed E-state index contributed by atoms with van der Waals surface area (Å²) < 4.78 is 6.80. The van der Waals surface area contributed by atoms with Gasteiger partial charge in [0.15, 0.2) is 10.8 Å². The number of nitrogens with one attached hydrogen (secondary N) is 1. The normalized spacial score (nSPS) is 14.7. The van der Waals surface area contributed by atoms with Gasteiger partial charge in [0.1, 0.15) is 0 Å². The largest absolute Gasteiger partial charge is 0.379 e. The van der Waals surface area contributed by atoms with Crippen LogP contribution >= 0.6 is 11.3 Å². The summed E-state index contributed by atoms with van der Waals surface area (Å²) in [5.74, 6) is -0.354. The van der Waals surface area contributed by atoms with Crippen molar-refractivity contribution in [2.75, 3.05) is 31.6 Å². The van der Waals surface area contributed by atoms with Gasteiger partial charge in [-0.2, -0.15) is 5.10 Å². The van der Waals surface area contributed by atoms with Gasteiger partial charge in [0.05, 0.1) is 24.3 Å². The number of carbonyl (C=O) groups is 1. The Labute approximate surface area is 184 Å². The van der Waals surface area contributed by atoms with Crippen LogP contribution in [0, 0.1) is 0 Å². The summed E-state index contributed by atoms with van der Waals surface area (Å²) in [7, 11) is 0. The Morgan fingerprint density at radius 3 is 2.74 bits per heavy atom. The van der Waals surface area contributed by atoms with Gasteiger partial charge in [-0.05, 0) is 12.5 Å². The quantitative estimate of drug-likeness (QED) is 0.540. The standard InChI is InChI=1S/C22H27N5O3S/c1-2-3-6-9-27-21(29)18-8-5-4-7-17(18)19(25-27)20(28)24-22-23-16(15-31-22)14-26-10-12-30-13-11-26/h4-5,7-8,15H,2-3,6,9-14H2,1H3,(H,23,24,28). The maximum atomic E-state index is 13.1. The van der Waals surface area contributed by atoms with Crippen molar-refractivity contribution in [2.45, 2.75) is 39.3 Å². The molecule has 31 heavy (non-hydrogen) atoms. The van der Waals surface area contributed by atoms with Crippen LogP contribution in [0.2, 0.25) is 0 Å². The molecule has 2 aromatic heterocycles. The molecule has 1 N–H and O–H groups in total. The third-order valence-corrected chi connectivity index (χ3v) is 6.12. The zero-order chi connectivity index (χ0) is 21.6. The molecular formula is C22H27N5O3S. The highest BCUT2D eigenvalue weighted by Gasteiger charge is 2.18. The molecule has 8 nitrogen and oxygen atoms in total. The van der Waals surface area contributed by atoms with E-state index >= 15 is 0 Å². The first-order chi connectivity index (χ1) is 15.2. The van der Waals surface area contributed by atoms with E-state index in [2.05, 4.69) is 27.2 Å². The van der Waals surface area contributed by atoms with Gasteiger partial charge >= 0.3 is 0 Å². The van der Waals surface area contributed by atoms with E-state index in [4.69, 9.17) is 4.74 Å². The lowest BCUT2D eigenvalue weighted by atomic mass is 10.1. The fourth-order valence-electron chi connectivity index (χ4n) is 3.65. The molecule has 3 heterocycles. The average molecular weight is 442 g/mol. The number of hydrogen-bond donors (Lipinski definition) is 1. The molecule has 1 fully saturated rings. The summed E-state index contributed by atoms with van der Waals surface area (Å²) in [4.78, 5) is 32.7. The van der Waals surface area contributed by atoms with E-state index in [1.165, 1.54) is 16.0 Å². The summed E-state index contributed by atoms with van der Waals surface area (Å²) in [6.07, 6.45) is 2.90. The van der Waals surface area contributed by atoms with Crippen molar-refractivity contribution in [2.24, 2.45) is 0 Å². The van der Waals surface area contributed by atoms with Crippen LogP contribution in [0.4, 0.5) is 5.13 Å². The smallest absolute Gasteiger partial charge is 0.278 e. The molecule has 0 bridgehead atoms. The second-order valence-electron chi connectivity index (χ2n) is 7.62. The Bertz CT molecular complexity index is 1100. The third-order valence-electron chi connectivity index (χ3n) is 5.32. The van der Waals surface area contributed by atoms with Crippen LogP contribution in [0.15, 0.2) is 34.4 Å². The Morgan fingerprint density at radius 1 is 1.19 bits per heavy atom. The minimum atomic E-state index is -0.354. The molecule has 1 aromatic carbocycles. The Hall–Kier alpha value is -2.62. The van der Waals surface area contributed by atoms with Crippen molar-refractivity contribution in [3.8, 4) is 0 Å². The summed E-state index contributed by atoms with van der Waals surface area (Å²) in [5.41, 5.74) is 1.01. The van der Waals surface area contributed by atoms with Crippen molar-refractivity contribution >= 4 is 33.1 Å². The molecule has 1 amide bonds. The minimum Gasteiger partial charge on any atom is -0.379 e. The van der Waals surface area contributed by atoms with E-state index in [1.54, 1.807) is 18.2 Å². The molecule has 4 rings (SSSR count). The van der Waals surface area contributed by atoms with E-state index in [-0.39, 0.29) is 17.2 Å². The predicted molar refractivity (Wildman–Crippen MR) is 122 cm³/mol. The first-order valence-corrected chi connectivity index (χ1v) is 11.6. The first kappa shape index (κ1) is 21.6. The molecule has 1 aliphatic heterocycles. The number of morpholine rings is 1. The summed E-state index contributed by atoms with van der Waals surface area (Å²) in [6, 6.07) is 7.13. The first-order valence-electron chi connectivity index (χ1n) is 10.7. The molecule has 9 heteroatoms. The lowest BCUT2D eigenvalue weighted by Gasteiger charge is -2.25. The highest BCUT2D eigenvalue weighted by molar-refractivity contribution is 7.14. The predicted octanol–water partition coefficient (Wildman–Crippen LogP) is 3.13. The molecule has 164 valence electrons. The fraction of sp³-hybridized carbons (Fsp3) is 0.455. The van der Waals surface area contributed by atoms with Crippen molar-refractivity contribution in [1.82, 2.24) is 19.7 Å². The van der Waals surface area contributed by atoms with Gasteiger partial charge in [0.25, 0.3) is 11.5 Å². The molecule has 1 aliphatic rings. The van der Waals surface area contributed by atoms with Crippen molar-refractivity contribution < 1.29 is 9.53 Å². The molecule has 1 saturated heterocycles. The molecular weight excluding hydrogens is 414 g/mol. The molecule has 0 aliphatic carbocycles. The van der Waals surface area contributed by atoms with Gasteiger partial charge in [0, 0.05) is 36.9 Å². The minimum absolute atomic E-state index is 0.162. The van der Waals surface area contributed by atoms with E-state index in [0.717, 1.165) is 57.8 Å². The number of rotatable bonds is 8. The molecule has 0 radical (unpaired) electrons. The number of hydrogen-bond acceptors (Lipinski definition) is 7. The van der Waals surface area contributed by atoms with Crippen molar-refractivity contribution in [1.29, 1.82) is 0 Å². The topological polar surface area (TPSA) is 89.3 Å². The number of aromatic nitrogens is 3. The second kappa shape index (κ2) is 10.1. The number of fused-ring (bicyclic) bond motifs is 1. The third kappa shape index (κ3) is 5.17. The molecule has 0 saturated carbocycles. The van der Waals surface area contributed by atoms with Crippen molar-refractivity contribution in [3.05, 3.63) is 51.4 Å². The number of thiazole rings is 1. The summed E-state index contributed by atoms with van der Waals surface area (Å²) >= 11 is 1.39. The zero-order valence-electron chi connectivity index (χ0n) is 17.7.